The number of carboxylic acid groups (broad SMARTS) is 1. The van der Waals surface area contributed by atoms with E-state index in [0.29, 0.717) is 12.0 Å². The van der Waals surface area contributed by atoms with Crippen LogP contribution in [0.25, 0.3) is 0 Å². The third-order valence-electron chi connectivity index (χ3n) is 2.82. The monoisotopic (exact) mass is 308 g/mol. The second-order valence-electron chi connectivity index (χ2n) is 4.42. The molecular formula is C15H17ClN2O3. The lowest BCUT2D eigenvalue weighted by molar-refractivity contribution is -0.139. The second kappa shape index (κ2) is 8.18. The normalized spacial score (nSPS) is 12.8. The highest BCUT2D eigenvalue weighted by Gasteiger charge is 2.24. The molecule has 0 aliphatic carbocycles. The van der Waals surface area contributed by atoms with E-state index in [2.05, 4.69) is 16.6 Å². The standard InChI is InChI=1S/C15H17ClN2O3/c1-3-7-10(4-2)17-15(21)18-13(14(19)20)11-8-5-6-9-12(11)16/h2,5-6,8-10,13H,3,7H2,1H3,(H,19,20)(H2,17,18,21)/t10?,13-/m1/s1. The highest BCUT2D eigenvalue weighted by atomic mass is 35.5. The number of terminal acetylenes is 1. The highest BCUT2D eigenvalue weighted by molar-refractivity contribution is 6.31. The van der Waals surface area contributed by atoms with Gasteiger partial charge in [0, 0.05) is 10.6 Å². The average Bonchev–Trinajstić information content (AvgIpc) is 2.45. The minimum Gasteiger partial charge on any atom is -0.479 e. The number of rotatable bonds is 6. The van der Waals surface area contributed by atoms with Crippen LogP contribution in [0.15, 0.2) is 24.3 Å². The summed E-state index contributed by atoms with van der Waals surface area (Å²) < 4.78 is 0. The maximum absolute atomic E-state index is 11.9. The molecule has 112 valence electrons. The molecule has 21 heavy (non-hydrogen) atoms. The van der Waals surface area contributed by atoms with Crippen molar-refractivity contribution in [2.75, 3.05) is 0 Å². The van der Waals surface area contributed by atoms with Gasteiger partial charge in [0.25, 0.3) is 0 Å². The lowest BCUT2D eigenvalue weighted by atomic mass is 10.1. The van der Waals surface area contributed by atoms with E-state index >= 15 is 0 Å². The fraction of sp³-hybridized carbons (Fsp3) is 0.333. The lowest BCUT2D eigenvalue weighted by Crippen LogP contribution is -2.44. The van der Waals surface area contributed by atoms with Gasteiger partial charge in [-0.15, -0.1) is 6.42 Å². The van der Waals surface area contributed by atoms with E-state index in [0.717, 1.165) is 6.42 Å². The summed E-state index contributed by atoms with van der Waals surface area (Å²) in [7, 11) is 0. The van der Waals surface area contributed by atoms with E-state index in [4.69, 9.17) is 18.0 Å². The summed E-state index contributed by atoms with van der Waals surface area (Å²) in [5.41, 5.74) is 0.314. The molecule has 5 nitrogen and oxygen atoms in total. The van der Waals surface area contributed by atoms with Crippen molar-refractivity contribution in [1.29, 1.82) is 0 Å². The summed E-state index contributed by atoms with van der Waals surface area (Å²) in [5, 5.41) is 14.4. The van der Waals surface area contributed by atoms with Gasteiger partial charge in [-0.2, -0.15) is 0 Å². The van der Waals surface area contributed by atoms with Crippen LogP contribution >= 0.6 is 11.6 Å². The van der Waals surface area contributed by atoms with Crippen LogP contribution in [-0.4, -0.2) is 23.1 Å². The maximum atomic E-state index is 11.9. The Hall–Kier alpha value is -2.19. The summed E-state index contributed by atoms with van der Waals surface area (Å²) in [6.07, 6.45) is 6.73. The molecule has 0 spiro atoms. The van der Waals surface area contributed by atoms with Gasteiger partial charge in [0.05, 0.1) is 6.04 Å². The Morgan fingerprint density at radius 1 is 1.38 bits per heavy atom. The SMILES string of the molecule is C#CC(CCC)NC(=O)N[C@@H](C(=O)O)c1ccccc1Cl. The van der Waals surface area contributed by atoms with Gasteiger partial charge >= 0.3 is 12.0 Å². The summed E-state index contributed by atoms with van der Waals surface area (Å²) in [6.45, 7) is 1.94. The number of carbonyl (C=O) groups excluding carboxylic acids is 1. The molecule has 2 atom stereocenters. The van der Waals surface area contributed by atoms with Crippen molar-refractivity contribution in [2.45, 2.75) is 31.8 Å². The Balaban J connectivity index is 2.81. The molecule has 2 amide bonds. The maximum Gasteiger partial charge on any atom is 0.331 e. The predicted octanol–water partition coefficient (Wildman–Crippen LogP) is 2.57. The smallest absolute Gasteiger partial charge is 0.331 e. The summed E-state index contributed by atoms with van der Waals surface area (Å²) in [5.74, 6) is 1.24. The van der Waals surface area contributed by atoms with Crippen LogP contribution in [0.2, 0.25) is 5.02 Å². The molecule has 0 heterocycles. The van der Waals surface area contributed by atoms with E-state index in [1.807, 2.05) is 6.92 Å². The van der Waals surface area contributed by atoms with Crippen LogP contribution in [0.4, 0.5) is 4.79 Å². The summed E-state index contributed by atoms with van der Waals surface area (Å²) in [6, 6.07) is 4.13. The lowest BCUT2D eigenvalue weighted by Gasteiger charge is -2.18. The molecule has 3 N–H and O–H groups in total. The Morgan fingerprint density at radius 2 is 2.05 bits per heavy atom. The molecule has 0 saturated carbocycles. The minimum atomic E-state index is -1.24. The Kier molecular flexibility index (Phi) is 6.57. The quantitative estimate of drug-likeness (QED) is 0.707. The molecule has 0 aliphatic heterocycles. The summed E-state index contributed by atoms with van der Waals surface area (Å²) in [4.78, 5) is 23.2. The molecule has 0 bridgehead atoms. The topological polar surface area (TPSA) is 78.4 Å². The second-order valence-corrected chi connectivity index (χ2v) is 4.83. The zero-order valence-electron chi connectivity index (χ0n) is 11.6. The first-order valence-electron chi connectivity index (χ1n) is 6.50. The number of carbonyl (C=O) groups is 2. The Bertz CT molecular complexity index is 554. The molecule has 0 aliphatic rings. The van der Waals surface area contributed by atoms with Crippen molar-refractivity contribution < 1.29 is 14.7 Å². The minimum absolute atomic E-state index is 0.271. The number of benzene rings is 1. The van der Waals surface area contributed by atoms with Gasteiger partial charge in [-0.05, 0) is 12.5 Å². The molecule has 0 radical (unpaired) electrons. The molecule has 6 heteroatoms. The molecule has 1 aromatic carbocycles. The van der Waals surface area contributed by atoms with Gasteiger partial charge in [0.2, 0.25) is 0 Å². The van der Waals surface area contributed by atoms with E-state index in [1.54, 1.807) is 24.3 Å². The van der Waals surface area contributed by atoms with Gasteiger partial charge in [0.1, 0.15) is 0 Å². The van der Waals surface area contributed by atoms with Crippen LogP contribution < -0.4 is 10.6 Å². The third-order valence-corrected chi connectivity index (χ3v) is 3.17. The van der Waals surface area contributed by atoms with Crippen molar-refractivity contribution in [3.05, 3.63) is 34.9 Å². The van der Waals surface area contributed by atoms with E-state index < -0.39 is 24.1 Å². The number of urea groups is 1. The average molecular weight is 309 g/mol. The van der Waals surface area contributed by atoms with Crippen molar-refractivity contribution in [3.8, 4) is 12.3 Å². The zero-order chi connectivity index (χ0) is 15.8. The van der Waals surface area contributed by atoms with Crippen LogP contribution in [0.5, 0.6) is 0 Å². The number of aliphatic carboxylic acids is 1. The van der Waals surface area contributed by atoms with Gasteiger partial charge < -0.3 is 15.7 Å². The van der Waals surface area contributed by atoms with Crippen LogP contribution in [0.1, 0.15) is 31.4 Å². The van der Waals surface area contributed by atoms with Crippen molar-refractivity contribution in [2.24, 2.45) is 0 Å². The fourth-order valence-corrected chi connectivity index (χ4v) is 2.04. The van der Waals surface area contributed by atoms with Gasteiger partial charge in [-0.1, -0.05) is 49.1 Å². The predicted molar refractivity (Wildman–Crippen MR) is 81.0 cm³/mol. The molecular weight excluding hydrogens is 292 g/mol. The molecule has 1 rings (SSSR count). The molecule has 0 aromatic heterocycles. The number of amides is 2. The molecule has 0 saturated heterocycles. The zero-order valence-corrected chi connectivity index (χ0v) is 12.4. The number of carboxylic acids is 1. The third kappa shape index (κ3) is 5.01. The largest absolute Gasteiger partial charge is 0.479 e. The first-order valence-corrected chi connectivity index (χ1v) is 6.87. The molecule has 1 aromatic rings. The summed E-state index contributed by atoms with van der Waals surface area (Å²) >= 11 is 5.96. The van der Waals surface area contributed by atoms with Gasteiger partial charge in [0.15, 0.2) is 6.04 Å². The fourth-order valence-electron chi connectivity index (χ4n) is 1.80. The van der Waals surface area contributed by atoms with Gasteiger partial charge in [-0.3, -0.25) is 0 Å². The molecule has 1 unspecified atom stereocenters. The number of nitrogens with one attached hydrogen (secondary N) is 2. The first kappa shape index (κ1) is 16.9. The van der Waals surface area contributed by atoms with Crippen LogP contribution in [0, 0.1) is 12.3 Å². The van der Waals surface area contributed by atoms with Crippen LogP contribution in [-0.2, 0) is 4.79 Å². The Morgan fingerprint density at radius 3 is 2.57 bits per heavy atom. The van der Waals surface area contributed by atoms with Crippen molar-refractivity contribution in [1.82, 2.24) is 10.6 Å². The van der Waals surface area contributed by atoms with Crippen LogP contribution in [0.3, 0.4) is 0 Å². The van der Waals surface area contributed by atoms with Crippen molar-refractivity contribution in [3.63, 3.8) is 0 Å². The number of halogens is 1. The highest BCUT2D eigenvalue weighted by Crippen LogP contribution is 2.22. The van der Waals surface area contributed by atoms with E-state index in [9.17, 15) is 14.7 Å². The van der Waals surface area contributed by atoms with Crippen molar-refractivity contribution >= 4 is 23.6 Å². The van der Waals surface area contributed by atoms with E-state index in [1.165, 1.54) is 0 Å². The number of hydrogen-bond donors (Lipinski definition) is 3. The number of hydrogen-bond acceptors (Lipinski definition) is 2. The van der Waals surface area contributed by atoms with E-state index in [-0.39, 0.29) is 5.02 Å². The van der Waals surface area contributed by atoms with Gasteiger partial charge in [-0.25, -0.2) is 9.59 Å². The first-order chi connectivity index (χ1) is 9.99. The Labute approximate surface area is 128 Å². The molecule has 0 fully saturated rings.